The molecule has 0 bridgehead atoms. The van der Waals surface area contributed by atoms with Gasteiger partial charge in [-0.3, -0.25) is 4.79 Å². The molecule has 0 aliphatic heterocycles. The molecule has 1 aromatic heterocycles. The zero-order chi connectivity index (χ0) is 13.4. The number of nitrogen functional groups attached to an aromatic ring is 1. The van der Waals surface area contributed by atoms with Crippen LogP contribution >= 0.6 is 11.3 Å². The third-order valence-corrected chi connectivity index (χ3v) is 5.03. The molecule has 4 heteroatoms. The Bertz CT molecular complexity index is 628. The van der Waals surface area contributed by atoms with E-state index < -0.39 is 0 Å². The summed E-state index contributed by atoms with van der Waals surface area (Å²) >= 11 is 1.49. The van der Waals surface area contributed by atoms with Crippen molar-refractivity contribution in [1.29, 1.82) is 0 Å². The Morgan fingerprint density at radius 3 is 2.95 bits per heavy atom. The van der Waals surface area contributed by atoms with Gasteiger partial charge in [0.25, 0.3) is 5.91 Å². The highest BCUT2D eigenvalue weighted by atomic mass is 32.1. The second kappa shape index (κ2) is 4.85. The molecule has 100 valence electrons. The van der Waals surface area contributed by atoms with Crippen molar-refractivity contribution in [3.05, 3.63) is 28.6 Å². The summed E-state index contributed by atoms with van der Waals surface area (Å²) in [7, 11) is 0. The first kappa shape index (κ1) is 12.5. The predicted octanol–water partition coefficient (Wildman–Crippen LogP) is 3.32. The number of hydrogen-bond donors (Lipinski definition) is 2. The van der Waals surface area contributed by atoms with Gasteiger partial charge in [-0.25, -0.2) is 0 Å². The fourth-order valence-electron chi connectivity index (χ4n) is 2.41. The smallest absolute Gasteiger partial charge is 0.263 e. The van der Waals surface area contributed by atoms with Gasteiger partial charge in [-0.05, 0) is 37.3 Å². The number of rotatable bonds is 3. The van der Waals surface area contributed by atoms with Gasteiger partial charge in [0.1, 0.15) is 4.88 Å². The van der Waals surface area contributed by atoms with Crippen LogP contribution in [-0.2, 0) is 0 Å². The van der Waals surface area contributed by atoms with Crippen LogP contribution in [0.3, 0.4) is 0 Å². The highest BCUT2D eigenvalue weighted by molar-refractivity contribution is 7.21. The van der Waals surface area contributed by atoms with E-state index in [0.29, 0.717) is 16.5 Å². The SMILES string of the molecule is Cc1ccc2c(N)c(C(=O)NCC3CCC3)sc2c1. The summed E-state index contributed by atoms with van der Waals surface area (Å²) in [6.07, 6.45) is 3.77. The Hall–Kier alpha value is -1.55. The van der Waals surface area contributed by atoms with Gasteiger partial charge in [-0.1, -0.05) is 18.6 Å². The van der Waals surface area contributed by atoms with Gasteiger partial charge in [0.05, 0.1) is 5.69 Å². The molecule has 0 radical (unpaired) electrons. The number of anilines is 1. The van der Waals surface area contributed by atoms with Crippen molar-refractivity contribution in [2.45, 2.75) is 26.2 Å². The van der Waals surface area contributed by atoms with Crippen molar-refractivity contribution in [2.75, 3.05) is 12.3 Å². The molecule has 0 spiro atoms. The number of nitrogens with one attached hydrogen (secondary N) is 1. The number of nitrogens with two attached hydrogens (primary N) is 1. The molecule has 0 atom stereocenters. The van der Waals surface area contributed by atoms with Crippen LogP contribution < -0.4 is 11.1 Å². The second-order valence-electron chi connectivity index (χ2n) is 5.35. The largest absolute Gasteiger partial charge is 0.397 e. The fraction of sp³-hybridized carbons (Fsp3) is 0.400. The molecular formula is C15H18N2OS. The molecule has 0 saturated heterocycles. The lowest BCUT2D eigenvalue weighted by Crippen LogP contribution is -2.32. The lowest BCUT2D eigenvalue weighted by atomic mass is 9.85. The number of fused-ring (bicyclic) bond motifs is 1. The van der Waals surface area contributed by atoms with Gasteiger partial charge >= 0.3 is 0 Å². The number of benzene rings is 1. The molecule has 1 aromatic carbocycles. The molecule has 3 nitrogen and oxygen atoms in total. The number of hydrogen-bond acceptors (Lipinski definition) is 3. The maximum absolute atomic E-state index is 12.2. The van der Waals surface area contributed by atoms with E-state index in [1.54, 1.807) is 0 Å². The van der Waals surface area contributed by atoms with E-state index in [1.165, 1.54) is 36.2 Å². The minimum Gasteiger partial charge on any atom is -0.397 e. The van der Waals surface area contributed by atoms with Crippen LogP contribution in [0.5, 0.6) is 0 Å². The summed E-state index contributed by atoms with van der Waals surface area (Å²) in [6.45, 7) is 2.83. The number of aryl methyl sites for hydroxylation is 1. The van der Waals surface area contributed by atoms with Crippen LogP contribution in [0.1, 0.15) is 34.5 Å². The molecule has 1 aliphatic carbocycles. The fourth-order valence-corrected chi connectivity index (χ4v) is 3.54. The molecule has 1 amide bonds. The molecule has 1 aliphatic rings. The number of thiophene rings is 1. The molecule has 3 rings (SSSR count). The van der Waals surface area contributed by atoms with E-state index in [1.807, 2.05) is 19.1 Å². The Labute approximate surface area is 116 Å². The maximum atomic E-state index is 12.2. The normalized spacial score (nSPS) is 15.4. The molecular weight excluding hydrogens is 256 g/mol. The van der Waals surface area contributed by atoms with Crippen LogP contribution in [0.15, 0.2) is 18.2 Å². The van der Waals surface area contributed by atoms with Crippen molar-refractivity contribution in [1.82, 2.24) is 5.32 Å². The number of carbonyl (C=O) groups excluding carboxylic acids is 1. The van der Waals surface area contributed by atoms with Crippen molar-refractivity contribution in [3.8, 4) is 0 Å². The van der Waals surface area contributed by atoms with E-state index >= 15 is 0 Å². The van der Waals surface area contributed by atoms with Gasteiger partial charge in [0, 0.05) is 16.6 Å². The molecule has 19 heavy (non-hydrogen) atoms. The van der Waals surface area contributed by atoms with E-state index in [-0.39, 0.29) is 5.91 Å². The van der Waals surface area contributed by atoms with E-state index in [0.717, 1.165) is 16.6 Å². The van der Waals surface area contributed by atoms with Gasteiger partial charge < -0.3 is 11.1 Å². The van der Waals surface area contributed by atoms with E-state index in [9.17, 15) is 4.79 Å². The van der Waals surface area contributed by atoms with Crippen molar-refractivity contribution in [3.63, 3.8) is 0 Å². The van der Waals surface area contributed by atoms with Gasteiger partial charge in [-0.2, -0.15) is 0 Å². The lowest BCUT2D eigenvalue weighted by molar-refractivity contribution is 0.0944. The predicted molar refractivity (Wildman–Crippen MR) is 80.6 cm³/mol. The molecule has 1 saturated carbocycles. The average molecular weight is 274 g/mol. The third kappa shape index (κ3) is 2.32. The van der Waals surface area contributed by atoms with Crippen molar-refractivity contribution in [2.24, 2.45) is 5.92 Å². The van der Waals surface area contributed by atoms with Gasteiger partial charge in [0.2, 0.25) is 0 Å². The Morgan fingerprint density at radius 2 is 2.26 bits per heavy atom. The zero-order valence-corrected chi connectivity index (χ0v) is 11.8. The first-order valence-corrected chi connectivity index (χ1v) is 7.53. The maximum Gasteiger partial charge on any atom is 0.263 e. The van der Waals surface area contributed by atoms with Crippen LogP contribution in [0.2, 0.25) is 0 Å². The molecule has 3 N–H and O–H groups in total. The second-order valence-corrected chi connectivity index (χ2v) is 6.40. The van der Waals surface area contributed by atoms with Crippen molar-refractivity contribution < 1.29 is 4.79 Å². The highest BCUT2D eigenvalue weighted by Gasteiger charge is 2.20. The summed E-state index contributed by atoms with van der Waals surface area (Å²) in [6, 6.07) is 6.11. The molecule has 1 heterocycles. The van der Waals surface area contributed by atoms with Crippen LogP contribution in [0.4, 0.5) is 5.69 Å². The minimum atomic E-state index is -0.0248. The van der Waals surface area contributed by atoms with Crippen molar-refractivity contribution >= 4 is 33.0 Å². The topological polar surface area (TPSA) is 55.1 Å². The quantitative estimate of drug-likeness (QED) is 0.902. The Kier molecular flexibility index (Phi) is 3.19. The van der Waals surface area contributed by atoms with E-state index in [2.05, 4.69) is 11.4 Å². The van der Waals surface area contributed by atoms with Gasteiger partial charge in [0.15, 0.2) is 0 Å². The summed E-state index contributed by atoms with van der Waals surface area (Å²) in [5, 5.41) is 4.00. The first-order chi connectivity index (χ1) is 9.15. The minimum absolute atomic E-state index is 0.0248. The molecule has 0 unspecified atom stereocenters. The van der Waals surface area contributed by atoms with E-state index in [4.69, 9.17) is 5.73 Å². The highest BCUT2D eigenvalue weighted by Crippen LogP contribution is 2.34. The molecule has 2 aromatic rings. The number of amides is 1. The monoisotopic (exact) mass is 274 g/mol. The first-order valence-electron chi connectivity index (χ1n) is 6.72. The van der Waals surface area contributed by atoms with Crippen LogP contribution in [-0.4, -0.2) is 12.5 Å². The Balaban J connectivity index is 1.82. The Morgan fingerprint density at radius 1 is 1.47 bits per heavy atom. The van der Waals surface area contributed by atoms with Crippen LogP contribution in [0.25, 0.3) is 10.1 Å². The third-order valence-electron chi connectivity index (χ3n) is 3.87. The summed E-state index contributed by atoms with van der Waals surface area (Å²) in [5.74, 6) is 0.644. The molecule has 1 fully saturated rings. The zero-order valence-electron chi connectivity index (χ0n) is 11.0. The van der Waals surface area contributed by atoms with Gasteiger partial charge in [-0.15, -0.1) is 11.3 Å². The summed E-state index contributed by atoms with van der Waals surface area (Å²) in [5.41, 5.74) is 7.90. The summed E-state index contributed by atoms with van der Waals surface area (Å²) < 4.78 is 1.09. The van der Waals surface area contributed by atoms with Crippen LogP contribution in [0, 0.1) is 12.8 Å². The standard InChI is InChI=1S/C15H18N2OS/c1-9-5-6-11-12(7-9)19-14(13(11)16)15(18)17-8-10-3-2-4-10/h5-7,10H,2-4,8,16H2,1H3,(H,17,18). The lowest BCUT2D eigenvalue weighted by Gasteiger charge is -2.25. The average Bonchev–Trinajstić information content (AvgIpc) is 2.64. The summed E-state index contributed by atoms with van der Waals surface area (Å²) in [4.78, 5) is 12.8. The number of carbonyl (C=O) groups is 1.